The Morgan fingerprint density at radius 1 is 1.21 bits per heavy atom. The van der Waals surface area contributed by atoms with E-state index in [2.05, 4.69) is 29.9 Å². The van der Waals surface area contributed by atoms with Crippen LogP contribution in [-0.4, -0.2) is 37.2 Å². The molecular weight excluding hydrogens is 503 g/mol. The molecule has 1 fully saturated rings. The number of carbonyl (C=O) groups excluding carboxylic acids is 1. The molecular formula is C30H32ClFN4O2. The monoisotopic (exact) mass is 534 g/mol. The van der Waals surface area contributed by atoms with Crippen LogP contribution >= 0.6 is 11.6 Å². The third-order valence-corrected chi connectivity index (χ3v) is 8.39. The number of hydrogen-bond donors (Lipinski definition) is 2. The molecule has 2 N–H and O–H groups in total. The Balaban J connectivity index is 1.26. The number of benzene rings is 2. The van der Waals surface area contributed by atoms with Crippen molar-refractivity contribution >= 4 is 23.3 Å². The summed E-state index contributed by atoms with van der Waals surface area (Å²) in [5.41, 5.74) is 10.5. The number of anilines is 1. The molecule has 6 rings (SSSR count). The van der Waals surface area contributed by atoms with Gasteiger partial charge in [0.1, 0.15) is 5.82 Å². The Bertz CT molecular complexity index is 1320. The molecule has 0 spiro atoms. The van der Waals surface area contributed by atoms with Crippen molar-refractivity contribution in [1.82, 2.24) is 15.6 Å². The number of fused-ring (bicyclic) bond motifs is 1. The number of halogens is 2. The van der Waals surface area contributed by atoms with Crippen molar-refractivity contribution in [2.75, 3.05) is 31.3 Å². The maximum Gasteiger partial charge on any atom is 0.318 e. The molecule has 6 nitrogen and oxygen atoms in total. The van der Waals surface area contributed by atoms with Crippen LogP contribution in [0.3, 0.4) is 0 Å². The Morgan fingerprint density at radius 2 is 2.00 bits per heavy atom. The average molecular weight is 535 g/mol. The highest BCUT2D eigenvalue weighted by Crippen LogP contribution is 2.49. The van der Waals surface area contributed by atoms with Crippen LogP contribution in [0.15, 0.2) is 83.2 Å². The average Bonchev–Trinajstić information content (AvgIpc) is 3.54. The summed E-state index contributed by atoms with van der Waals surface area (Å²) in [5.74, 6) is 0.337. The number of carbonyl (C=O) groups is 1. The van der Waals surface area contributed by atoms with Crippen LogP contribution in [-0.2, 0) is 4.74 Å². The number of nitrogens with zero attached hydrogens (tertiary/aromatic N) is 2. The van der Waals surface area contributed by atoms with Gasteiger partial charge in [-0.25, -0.2) is 9.18 Å². The molecule has 2 aromatic rings. The van der Waals surface area contributed by atoms with E-state index in [-0.39, 0.29) is 23.8 Å². The fourth-order valence-electron chi connectivity index (χ4n) is 6.25. The maximum atomic E-state index is 13.5. The predicted octanol–water partition coefficient (Wildman–Crippen LogP) is 6.10. The number of rotatable bonds is 5. The largest absolute Gasteiger partial charge is 0.378 e. The van der Waals surface area contributed by atoms with Gasteiger partial charge in [-0.1, -0.05) is 36.2 Å². The summed E-state index contributed by atoms with van der Waals surface area (Å²) in [5, 5.41) is 6.01. The predicted molar refractivity (Wildman–Crippen MR) is 147 cm³/mol. The molecule has 2 heterocycles. The summed E-state index contributed by atoms with van der Waals surface area (Å²) in [6, 6.07) is 14.2. The quantitative estimate of drug-likeness (QED) is 0.486. The minimum atomic E-state index is -0.245. The first-order valence-electron chi connectivity index (χ1n) is 13.3. The molecule has 198 valence electrons. The zero-order valence-corrected chi connectivity index (χ0v) is 22.2. The van der Waals surface area contributed by atoms with Crippen LogP contribution in [0.2, 0.25) is 5.02 Å². The lowest BCUT2D eigenvalue weighted by atomic mass is 9.78. The Kier molecular flexibility index (Phi) is 6.89. The number of hydrogen-bond acceptors (Lipinski definition) is 4. The van der Waals surface area contributed by atoms with Crippen molar-refractivity contribution in [2.24, 2.45) is 11.8 Å². The van der Waals surface area contributed by atoms with Crippen molar-refractivity contribution < 1.29 is 13.9 Å². The van der Waals surface area contributed by atoms with Gasteiger partial charge in [-0.15, -0.1) is 0 Å². The van der Waals surface area contributed by atoms with Gasteiger partial charge in [0.25, 0.3) is 0 Å². The van der Waals surface area contributed by atoms with Crippen LogP contribution in [0.25, 0.3) is 0 Å². The first-order valence-corrected chi connectivity index (χ1v) is 13.7. The van der Waals surface area contributed by atoms with Crippen molar-refractivity contribution in [3.63, 3.8) is 0 Å². The van der Waals surface area contributed by atoms with Gasteiger partial charge >= 0.3 is 6.03 Å². The van der Waals surface area contributed by atoms with Crippen LogP contribution in [0.5, 0.6) is 0 Å². The van der Waals surface area contributed by atoms with Crippen LogP contribution in [0.1, 0.15) is 37.8 Å². The smallest absolute Gasteiger partial charge is 0.318 e. The normalized spacial score (nSPS) is 23.3. The lowest BCUT2D eigenvalue weighted by Crippen LogP contribution is -2.47. The first kappa shape index (κ1) is 25.0. The lowest BCUT2D eigenvalue weighted by molar-refractivity contribution is 0.0523. The van der Waals surface area contributed by atoms with E-state index in [0.717, 1.165) is 36.2 Å². The first-order chi connectivity index (χ1) is 18.5. The summed E-state index contributed by atoms with van der Waals surface area (Å²) in [4.78, 5) is 15.0. The third-order valence-electron chi connectivity index (χ3n) is 8.15. The molecule has 2 amide bonds. The molecule has 2 aromatic carbocycles. The third kappa shape index (κ3) is 4.81. The zero-order chi connectivity index (χ0) is 26.2. The number of ether oxygens (including phenoxy) is 1. The number of hydrazine groups is 1. The summed E-state index contributed by atoms with van der Waals surface area (Å²) >= 11 is 6.36. The molecule has 0 bridgehead atoms. The van der Waals surface area contributed by atoms with E-state index in [4.69, 9.17) is 16.3 Å². The topological polar surface area (TPSA) is 56.8 Å². The highest BCUT2D eigenvalue weighted by molar-refractivity contribution is 6.30. The van der Waals surface area contributed by atoms with Gasteiger partial charge in [0.2, 0.25) is 0 Å². The second-order valence-electron chi connectivity index (χ2n) is 10.4. The second kappa shape index (κ2) is 10.5. The minimum absolute atomic E-state index is 0.0537. The van der Waals surface area contributed by atoms with Gasteiger partial charge in [0.15, 0.2) is 0 Å². The van der Waals surface area contributed by atoms with Gasteiger partial charge in [0, 0.05) is 35.8 Å². The fraction of sp³-hybridized carbons (Fsp3) is 0.367. The van der Waals surface area contributed by atoms with Crippen molar-refractivity contribution in [3.05, 3.63) is 99.6 Å². The van der Waals surface area contributed by atoms with Crippen molar-refractivity contribution in [2.45, 2.75) is 32.2 Å². The summed E-state index contributed by atoms with van der Waals surface area (Å²) < 4.78 is 18.9. The van der Waals surface area contributed by atoms with Gasteiger partial charge in [-0.3, -0.25) is 5.01 Å². The van der Waals surface area contributed by atoms with E-state index < -0.39 is 0 Å². The number of urea groups is 1. The van der Waals surface area contributed by atoms with Crippen LogP contribution in [0.4, 0.5) is 14.9 Å². The molecule has 1 unspecified atom stereocenters. The van der Waals surface area contributed by atoms with E-state index in [1.165, 1.54) is 28.9 Å². The molecule has 3 atom stereocenters. The van der Waals surface area contributed by atoms with E-state index in [9.17, 15) is 9.18 Å². The van der Waals surface area contributed by atoms with Gasteiger partial charge in [-0.2, -0.15) is 0 Å². The second-order valence-corrected chi connectivity index (χ2v) is 10.8. The van der Waals surface area contributed by atoms with E-state index in [0.29, 0.717) is 37.2 Å². The molecule has 0 radical (unpaired) electrons. The molecule has 4 aliphatic rings. The Hall–Kier alpha value is -3.29. The Morgan fingerprint density at radius 3 is 2.76 bits per heavy atom. The molecule has 2 aliphatic carbocycles. The minimum Gasteiger partial charge on any atom is -0.378 e. The number of morpholine rings is 1. The molecule has 8 heteroatoms. The standard InChI is InChI=1S/C30H32ClFN4O2/c1-19-26-18-33-36(25-9-7-24(32)8-10-25)28(26)17-22-6-5-21(29(19)22)16-27(20-3-2-4-23(31)15-20)34-30(37)35-11-13-38-14-12-35/h2-4,7-10,15,17-19,21,27,33H,5-6,11-14,16H2,1H3,(H,34,37)/t19-,21+,27?/m0/s1. The van der Waals surface area contributed by atoms with Gasteiger partial charge in [0.05, 0.1) is 30.6 Å². The summed E-state index contributed by atoms with van der Waals surface area (Å²) in [6.07, 6.45) is 7.20. The molecule has 1 saturated heterocycles. The van der Waals surface area contributed by atoms with E-state index >= 15 is 0 Å². The summed E-state index contributed by atoms with van der Waals surface area (Å²) in [6.45, 7) is 4.60. The van der Waals surface area contributed by atoms with Crippen molar-refractivity contribution in [3.8, 4) is 0 Å². The van der Waals surface area contributed by atoms with Crippen LogP contribution in [0, 0.1) is 17.7 Å². The number of amides is 2. The molecule has 0 saturated carbocycles. The van der Waals surface area contributed by atoms with Gasteiger partial charge < -0.3 is 20.4 Å². The van der Waals surface area contributed by atoms with Crippen LogP contribution < -0.4 is 15.8 Å². The SMILES string of the molecule is C[C@H]1C2=CNN(c3ccc(F)cc3)C2=CC2=C1[C@@H](CC(NC(=O)N1CCOCC1)c1cccc(Cl)c1)CC2. The number of allylic oxidation sites excluding steroid dienone is 4. The Labute approximate surface area is 227 Å². The van der Waals surface area contributed by atoms with Gasteiger partial charge in [-0.05, 0) is 78.8 Å². The zero-order valence-electron chi connectivity index (χ0n) is 21.4. The molecule has 0 aromatic heterocycles. The van der Waals surface area contributed by atoms with Crippen molar-refractivity contribution in [1.29, 1.82) is 0 Å². The lowest BCUT2D eigenvalue weighted by Gasteiger charge is -2.33. The maximum absolute atomic E-state index is 13.5. The highest BCUT2D eigenvalue weighted by atomic mass is 35.5. The summed E-state index contributed by atoms with van der Waals surface area (Å²) in [7, 11) is 0. The number of nitrogens with one attached hydrogen (secondary N) is 2. The highest BCUT2D eigenvalue weighted by Gasteiger charge is 2.39. The molecule has 38 heavy (non-hydrogen) atoms. The molecule has 2 aliphatic heterocycles. The van der Waals surface area contributed by atoms with E-state index in [1.807, 2.05) is 34.2 Å². The fourth-order valence-corrected chi connectivity index (χ4v) is 6.45. The van der Waals surface area contributed by atoms with E-state index in [1.54, 1.807) is 12.1 Å².